The molecule has 1 aliphatic rings. The molecule has 2 heteroatoms. The molecule has 0 fully saturated rings. The highest BCUT2D eigenvalue weighted by atomic mass is 15.0. The molecule has 0 atom stereocenters. The maximum absolute atomic E-state index is 4.37. The largest absolute Gasteiger partial charge is 0.309 e. The summed E-state index contributed by atoms with van der Waals surface area (Å²) in [5.74, 6) is 0. The van der Waals surface area contributed by atoms with Gasteiger partial charge in [0.15, 0.2) is 0 Å². The van der Waals surface area contributed by atoms with Crippen LogP contribution in [0.4, 0.5) is 0 Å². The van der Waals surface area contributed by atoms with Crippen molar-refractivity contribution in [3.8, 4) is 67.0 Å². The van der Waals surface area contributed by atoms with Crippen LogP contribution in [0.1, 0.15) is 30.9 Å². The SMILES string of the molecule is C=C/C(=C\C=C/C)c1ccc(-c2ccccc2)c2c1c1cccc(-c3ccc4c(c3)c3cc(C5=CC=CCC5)cc(-c5ccccc5)c3n4-c3cccc(-c4ccccc4)c3)c1n2-c1ccc(-c2ccccc2)cc1. The van der Waals surface area contributed by atoms with Crippen molar-refractivity contribution in [1.82, 2.24) is 9.13 Å². The Bertz CT molecular complexity index is 4260. The number of allylic oxidation sites excluding steroid dienone is 9. The second-order valence-electron chi connectivity index (χ2n) is 19.5. The van der Waals surface area contributed by atoms with E-state index in [1.807, 2.05) is 6.08 Å². The summed E-state index contributed by atoms with van der Waals surface area (Å²) in [6, 6.07) is 85.0. The van der Waals surface area contributed by atoms with Crippen molar-refractivity contribution in [2.45, 2.75) is 19.8 Å². The lowest BCUT2D eigenvalue weighted by Crippen LogP contribution is -1.98. The third-order valence-corrected chi connectivity index (χ3v) is 15.1. The van der Waals surface area contributed by atoms with Gasteiger partial charge in [-0.25, -0.2) is 0 Å². The third kappa shape index (κ3) is 8.09. The number of nitrogens with zero attached hydrogens (tertiary/aromatic N) is 2. The molecule has 0 amide bonds. The van der Waals surface area contributed by atoms with E-state index in [2.05, 4.69) is 290 Å². The summed E-state index contributed by atoms with van der Waals surface area (Å²) < 4.78 is 5.05. The van der Waals surface area contributed by atoms with Crippen molar-refractivity contribution in [1.29, 1.82) is 0 Å². The Kier molecular flexibility index (Phi) is 11.8. The molecule has 0 aliphatic heterocycles. The molecule has 0 unspecified atom stereocenters. The molecule has 0 spiro atoms. The first-order valence-electron chi connectivity index (χ1n) is 26.1. The van der Waals surface area contributed by atoms with Gasteiger partial charge in [-0.15, -0.1) is 0 Å². The fourth-order valence-electron chi connectivity index (χ4n) is 11.6. The summed E-state index contributed by atoms with van der Waals surface area (Å²) in [4.78, 5) is 0. The van der Waals surface area contributed by atoms with Gasteiger partial charge >= 0.3 is 0 Å². The second-order valence-corrected chi connectivity index (χ2v) is 19.5. The molecule has 0 bridgehead atoms. The minimum Gasteiger partial charge on any atom is -0.309 e. The molecule has 10 aromatic carbocycles. The molecule has 0 N–H and O–H groups in total. The summed E-state index contributed by atoms with van der Waals surface area (Å²) in [7, 11) is 0. The first-order chi connectivity index (χ1) is 37.1. The predicted molar refractivity (Wildman–Crippen MR) is 322 cm³/mol. The van der Waals surface area contributed by atoms with Crippen LogP contribution in [0.15, 0.2) is 280 Å². The predicted octanol–water partition coefficient (Wildman–Crippen LogP) is 20.1. The molecule has 12 aromatic rings. The first-order valence-corrected chi connectivity index (χ1v) is 26.1. The van der Waals surface area contributed by atoms with Crippen molar-refractivity contribution < 1.29 is 0 Å². The van der Waals surface area contributed by atoms with E-state index in [4.69, 9.17) is 0 Å². The summed E-state index contributed by atoms with van der Waals surface area (Å²) in [5.41, 5.74) is 23.5. The Hall–Kier alpha value is -9.50. The standard InChI is InChI=1S/C73H54N2/c1-3-5-23-50(4-2)62-43-44-64(55-30-17-9-18-31-55)73-70(62)65-37-22-36-63(71(65)75(73)60-41-38-54(39-42-60)51-24-11-6-12-25-51)58-40-45-69-67(47-58)68-49-59(53-28-15-8-16-29-53)48-66(56-32-19-10-20-33-56)72(68)74(69)61-35-21-34-57(46-61)52-26-13-7-14-27-52/h3-15,17-28,30-49H,2,16,29H2,1H3/b5-3-,50-23+. The van der Waals surface area contributed by atoms with Crippen LogP contribution in [0.25, 0.3) is 122 Å². The first kappa shape index (κ1) is 45.4. The number of para-hydroxylation sites is 1. The third-order valence-electron chi connectivity index (χ3n) is 15.1. The van der Waals surface area contributed by atoms with Gasteiger partial charge in [-0.3, -0.25) is 0 Å². The maximum atomic E-state index is 4.37. The van der Waals surface area contributed by atoms with Crippen LogP contribution < -0.4 is 0 Å². The Morgan fingerprint density at radius 3 is 1.72 bits per heavy atom. The lowest BCUT2D eigenvalue weighted by molar-refractivity contribution is 1.05. The molecule has 356 valence electrons. The van der Waals surface area contributed by atoms with Gasteiger partial charge in [-0.2, -0.15) is 0 Å². The molecule has 2 heterocycles. The van der Waals surface area contributed by atoms with Gasteiger partial charge in [0.05, 0.1) is 22.1 Å². The summed E-state index contributed by atoms with van der Waals surface area (Å²) >= 11 is 0. The fraction of sp³-hybridized carbons (Fsp3) is 0.0411. The Morgan fingerprint density at radius 1 is 0.440 bits per heavy atom. The van der Waals surface area contributed by atoms with Crippen molar-refractivity contribution in [2.75, 3.05) is 0 Å². The van der Waals surface area contributed by atoms with Crippen molar-refractivity contribution >= 4 is 54.8 Å². The minimum absolute atomic E-state index is 1.00. The molecular formula is C73H54N2. The maximum Gasteiger partial charge on any atom is 0.0625 e. The van der Waals surface area contributed by atoms with E-state index in [1.165, 1.54) is 77.1 Å². The van der Waals surface area contributed by atoms with Crippen molar-refractivity contribution in [3.63, 3.8) is 0 Å². The van der Waals surface area contributed by atoms with E-state index >= 15 is 0 Å². The van der Waals surface area contributed by atoms with Crippen molar-refractivity contribution in [2.24, 2.45) is 0 Å². The van der Waals surface area contributed by atoms with E-state index < -0.39 is 0 Å². The van der Waals surface area contributed by atoms with Gasteiger partial charge < -0.3 is 9.13 Å². The van der Waals surface area contributed by atoms with Gasteiger partial charge in [-0.05, 0) is 130 Å². The zero-order chi connectivity index (χ0) is 50.2. The van der Waals surface area contributed by atoms with Gasteiger partial charge in [0.2, 0.25) is 0 Å². The Morgan fingerprint density at radius 2 is 1.04 bits per heavy atom. The van der Waals surface area contributed by atoms with E-state index in [1.54, 1.807) is 0 Å². The van der Waals surface area contributed by atoms with Gasteiger partial charge in [-0.1, -0.05) is 231 Å². The van der Waals surface area contributed by atoms with Crippen molar-refractivity contribution in [3.05, 3.63) is 291 Å². The normalized spacial score (nSPS) is 12.9. The van der Waals surface area contributed by atoms with E-state index in [0.29, 0.717) is 0 Å². The quantitative estimate of drug-likeness (QED) is 0.114. The monoisotopic (exact) mass is 958 g/mol. The highest BCUT2D eigenvalue weighted by Gasteiger charge is 2.25. The van der Waals surface area contributed by atoms with Gasteiger partial charge in [0, 0.05) is 49.6 Å². The van der Waals surface area contributed by atoms with Crippen LogP contribution in [0.5, 0.6) is 0 Å². The second kappa shape index (κ2) is 19.5. The molecule has 0 radical (unpaired) electrons. The summed E-state index contributed by atoms with van der Waals surface area (Å²) in [6.07, 6.45) is 17.2. The van der Waals surface area contributed by atoms with E-state index in [-0.39, 0.29) is 0 Å². The molecule has 2 nitrogen and oxygen atoms in total. The van der Waals surface area contributed by atoms with Crippen LogP contribution in [0.2, 0.25) is 0 Å². The smallest absolute Gasteiger partial charge is 0.0625 e. The zero-order valence-electron chi connectivity index (χ0n) is 42.0. The fourth-order valence-corrected chi connectivity index (χ4v) is 11.6. The highest BCUT2D eigenvalue weighted by Crippen LogP contribution is 2.47. The molecular weight excluding hydrogens is 905 g/mol. The zero-order valence-corrected chi connectivity index (χ0v) is 42.0. The lowest BCUT2D eigenvalue weighted by Gasteiger charge is -2.16. The van der Waals surface area contributed by atoms with E-state index in [9.17, 15) is 0 Å². The molecule has 0 saturated heterocycles. The Labute approximate surface area is 439 Å². The average Bonchev–Trinajstić information content (AvgIpc) is 4.12. The lowest BCUT2D eigenvalue weighted by atomic mass is 9.91. The van der Waals surface area contributed by atoms with Crippen LogP contribution >= 0.6 is 0 Å². The van der Waals surface area contributed by atoms with Crippen LogP contribution in [-0.2, 0) is 0 Å². The summed E-state index contributed by atoms with van der Waals surface area (Å²) in [6.45, 7) is 6.43. The number of benzene rings is 10. The number of hydrogen-bond acceptors (Lipinski definition) is 0. The highest BCUT2D eigenvalue weighted by molar-refractivity contribution is 6.22. The molecule has 2 aromatic heterocycles. The van der Waals surface area contributed by atoms with Crippen LogP contribution in [-0.4, -0.2) is 9.13 Å². The van der Waals surface area contributed by atoms with Crippen LogP contribution in [0.3, 0.4) is 0 Å². The Balaban J connectivity index is 1.14. The molecule has 0 saturated carbocycles. The average molecular weight is 959 g/mol. The number of hydrogen-bond donors (Lipinski definition) is 0. The molecule has 75 heavy (non-hydrogen) atoms. The topological polar surface area (TPSA) is 9.86 Å². The van der Waals surface area contributed by atoms with E-state index in [0.717, 1.165) is 68.6 Å². The van der Waals surface area contributed by atoms with Crippen LogP contribution in [0, 0.1) is 0 Å². The number of rotatable bonds is 11. The summed E-state index contributed by atoms with van der Waals surface area (Å²) in [5, 5.41) is 4.81. The van der Waals surface area contributed by atoms with Gasteiger partial charge in [0.1, 0.15) is 0 Å². The number of aromatic nitrogens is 2. The molecule has 13 rings (SSSR count). The minimum atomic E-state index is 1.00. The molecule has 1 aliphatic carbocycles. The number of fused-ring (bicyclic) bond motifs is 6. The van der Waals surface area contributed by atoms with Gasteiger partial charge in [0.25, 0.3) is 0 Å².